The number of unbranched alkanes of at least 4 members (excludes halogenated alkanes) is 3. The van der Waals surface area contributed by atoms with E-state index in [4.69, 9.17) is 9.72 Å². The number of carbonyl (C=O) groups is 1. The van der Waals surface area contributed by atoms with E-state index in [2.05, 4.69) is 12.2 Å². The number of anilines is 2. The summed E-state index contributed by atoms with van der Waals surface area (Å²) in [5.41, 5.74) is 3.32. The third-order valence-electron chi connectivity index (χ3n) is 8.79. The number of benzene rings is 4. The fraction of sp³-hybridized carbons (Fsp3) is 0.366. The second kappa shape index (κ2) is 16.6. The van der Waals surface area contributed by atoms with Crippen molar-refractivity contribution in [1.82, 2.24) is 10.3 Å². The molecule has 1 heterocycles. The molecule has 0 spiro atoms. The number of hydrogen-bond acceptors (Lipinski definition) is 7. The molecule has 0 aliphatic rings. The first-order valence-corrected chi connectivity index (χ1v) is 21.0. The van der Waals surface area contributed by atoms with Crippen LogP contribution in [0, 0.1) is 13.8 Å². The molecule has 0 fully saturated rings. The van der Waals surface area contributed by atoms with Crippen LogP contribution in [0.25, 0.3) is 21.8 Å². The smallest absolute Gasteiger partial charge is 0.407 e. The van der Waals surface area contributed by atoms with Crippen LogP contribution < -0.4 is 13.9 Å². The molecule has 1 aromatic heterocycles. The Bertz CT molecular complexity index is 2270. The highest BCUT2D eigenvalue weighted by Gasteiger charge is 2.27. The number of nitrogens with zero attached hydrogens (tertiary/aromatic N) is 3. The molecule has 0 aliphatic heterocycles. The molecular weight excluding hydrogens is 709 g/mol. The van der Waals surface area contributed by atoms with Gasteiger partial charge in [-0.1, -0.05) is 73.7 Å². The van der Waals surface area contributed by atoms with Crippen molar-refractivity contribution >= 4 is 59.3 Å². The van der Waals surface area contributed by atoms with Crippen LogP contribution >= 0.6 is 0 Å². The van der Waals surface area contributed by atoms with Crippen molar-refractivity contribution in [3.8, 4) is 0 Å². The van der Waals surface area contributed by atoms with Crippen LogP contribution in [0.3, 0.4) is 0 Å². The predicted octanol–water partition coefficient (Wildman–Crippen LogP) is 8.89. The monoisotopic (exact) mass is 758 g/mol. The number of pyridine rings is 1. The molecule has 0 bridgehead atoms. The Morgan fingerprint density at radius 2 is 1.13 bits per heavy atom. The van der Waals surface area contributed by atoms with Crippen LogP contribution in [0.15, 0.2) is 101 Å². The number of sulfonamides is 2. The van der Waals surface area contributed by atoms with Crippen molar-refractivity contribution in [3.05, 3.63) is 102 Å². The molecule has 12 heteroatoms. The molecule has 4 aromatic carbocycles. The molecule has 282 valence electrons. The minimum Gasteiger partial charge on any atom is -0.444 e. The molecule has 5 rings (SSSR count). The van der Waals surface area contributed by atoms with Crippen molar-refractivity contribution in [2.45, 2.75) is 89.0 Å². The van der Waals surface area contributed by atoms with Gasteiger partial charge in [-0.25, -0.2) is 26.6 Å². The molecule has 53 heavy (non-hydrogen) atoms. The number of aromatic nitrogens is 1. The van der Waals surface area contributed by atoms with Gasteiger partial charge in [0.05, 0.1) is 32.2 Å². The number of ether oxygens (including phenoxy) is 1. The van der Waals surface area contributed by atoms with Gasteiger partial charge in [0.2, 0.25) is 0 Å². The van der Waals surface area contributed by atoms with E-state index in [1.165, 1.54) is 8.61 Å². The standard InChI is InChI=1S/C41H50N4O6S2/c1-7-8-9-10-25-44(52(47,48)36-20-12-30(2)13-21-36)34-18-16-32-27-33-17-19-35(29-39(33)43-38(32)28-34)45(26-11-24-42-40(46)51-41(4,5)6)53(49,50)37-22-14-31(3)15-23-37/h12-23,27-29H,7-11,24-26H2,1-6H3,(H,42,46). The van der Waals surface area contributed by atoms with Crippen LogP contribution in [-0.4, -0.2) is 53.1 Å². The highest BCUT2D eigenvalue weighted by molar-refractivity contribution is 7.93. The molecule has 1 amide bonds. The summed E-state index contributed by atoms with van der Waals surface area (Å²) in [5, 5.41) is 4.34. The predicted molar refractivity (Wildman–Crippen MR) is 214 cm³/mol. The van der Waals surface area contributed by atoms with Gasteiger partial charge in [0, 0.05) is 30.4 Å². The summed E-state index contributed by atoms with van der Waals surface area (Å²) in [6, 6.07) is 26.3. The third kappa shape index (κ3) is 9.85. The maximum absolute atomic E-state index is 14.1. The van der Waals surface area contributed by atoms with E-state index in [0.717, 1.165) is 41.2 Å². The number of carbonyl (C=O) groups excluding carboxylic acids is 1. The molecular formula is C41H50N4O6S2. The topological polar surface area (TPSA) is 126 Å². The van der Waals surface area contributed by atoms with Crippen LogP contribution in [0.5, 0.6) is 0 Å². The molecule has 0 saturated carbocycles. The largest absolute Gasteiger partial charge is 0.444 e. The minimum atomic E-state index is -4.00. The van der Waals surface area contributed by atoms with Gasteiger partial charge < -0.3 is 10.1 Å². The molecule has 0 aliphatic carbocycles. The van der Waals surface area contributed by atoms with Crippen molar-refractivity contribution in [2.75, 3.05) is 28.2 Å². The van der Waals surface area contributed by atoms with Gasteiger partial charge in [-0.05, 0) is 102 Å². The molecule has 0 saturated heterocycles. The van der Waals surface area contributed by atoms with E-state index in [9.17, 15) is 21.6 Å². The van der Waals surface area contributed by atoms with Gasteiger partial charge in [-0.2, -0.15) is 0 Å². The summed E-state index contributed by atoms with van der Waals surface area (Å²) in [6.45, 7) is 11.9. The first kappa shape index (κ1) is 39.5. The average molecular weight is 759 g/mol. The SMILES string of the molecule is CCCCCCN(c1ccc2cc3ccc(N(CCCNC(=O)OC(C)(C)C)S(=O)(=O)c4ccc(C)cc4)cc3nc2c1)S(=O)(=O)c1ccc(C)cc1. The first-order chi connectivity index (χ1) is 25.1. The summed E-state index contributed by atoms with van der Waals surface area (Å²) in [6.07, 6.45) is 3.42. The Balaban J connectivity index is 1.51. The maximum atomic E-state index is 14.1. The number of fused-ring (bicyclic) bond motifs is 2. The van der Waals surface area contributed by atoms with Gasteiger partial charge in [-0.15, -0.1) is 0 Å². The fourth-order valence-electron chi connectivity index (χ4n) is 5.97. The van der Waals surface area contributed by atoms with E-state index in [1.807, 2.05) is 38.1 Å². The van der Waals surface area contributed by atoms with E-state index in [-0.39, 0.29) is 22.9 Å². The normalized spacial score (nSPS) is 12.2. The third-order valence-corrected chi connectivity index (χ3v) is 12.5. The summed E-state index contributed by atoms with van der Waals surface area (Å²) < 4.78 is 64.4. The maximum Gasteiger partial charge on any atom is 0.407 e. The van der Waals surface area contributed by atoms with Crippen molar-refractivity contribution in [3.63, 3.8) is 0 Å². The Labute approximate surface area is 314 Å². The number of aryl methyl sites for hydroxylation is 2. The Morgan fingerprint density at radius 3 is 1.58 bits per heavy atom. The van der Waals surface area contributed by atoms with Crippen LogP contribution in [-0.2, 0) is 24.8 Å². The van der Waals surface area contributed by atoms with E-state index in [0.29, 0.717) is 41.8 Å². The molecule has 0 atom stereocenters. The van der Waals surface area contributed by atoms with Crippen LogP contribution in [0.2, 0.25) is 0 Å². The average Bonchev–Trinajstić information content (AvgIpc) is 3.09. The van der Waals surface area contributed by atoms with Gasteiger partial charge in [0.15, 0.2) is 0 Å². The minimum absolute atomic E-state index is 0.0824. The first-order valence-electron chi connectivity index (χ1n) is 18.1. The second-order valence-electron chi connectivity index (χ2n) is 14.4. The van der Waals surface area contributed by atoms with Gasteiger partial charge in [0.25, 0.3) is 20.0 Å². The number of nitrogens with one attached hydrogen (secondary N) is 1. The Kier molecular flexibility index (Phi) is 12.3. The summed E-state index contributed by atoms with van der Waals surface area (Å²) in [5.74, 6) is 0. The highest BCUT2D eigenvalue weighted by Crippen LogP contribution is 2.32. The molecule has 10 nitrogen and oxygen atoms in total. The number of amides is 1. The molecule has 1 N–H and O–H groups in total. The lowest BCUT2D eigenvalue weighted by molar-refractivity contribution is 0.0527. The number of hydrogen-bond donors (Lipinski definition) is 1. The summed E-state index contributed by atoms with van der Waals surface area (Å²) in [7, 11) is -7.86. The summed E-state index contributed by atoms with van der Waals surface area (Å²) >= 11 is 0. The zero-order valence-electron chi connectivity index (χ0n) is 31.4. The molecule has 0 unspecified atom stereocenters. The highest BCUT2D eigenvalue weighted by atomic mass is 32.2. The number of rotatable bonds is 15. The van der Waals surface area contributed by atoms with Crippen molar-refractivity contribution in [2.24, 2.45) is 0 Å². The molecule has 0 radical (unpaired) electrons. The van der Waals surface area contributed by atoms with E-state index < -0.39 is 31.7 Å². The lowest BCUT2D eigenvalue weighted by atomic mass is 10.1. The van der Waals surface area contributed by atoms with Gasteiger partial charge in [-0.3, -0.25) is 8.61 Å². The Morgan fingerprint density at radius 1 is 0.660 bits per heavy atom. The number of alkyl carbamates (subject to hydrolysis) is 1. The second-order valence-corrected chi connectivity index (χ2v) is 18.1. The fourth-order valence-corrected chi connectivity index (χ4v) is 8.96. The van der Waals surface area contributed by atoms with Gasteiger partial charge >= 0.3 is 6.09 Å². The lowest BCUT2D eigenvalue weighted by Crippen LogP contribution is -2.36. The van der Waals surface area contributed by atoms with E-state index >= 15 is 0 Å². The van der Waals surface area contributed by atoms with Gasteiger partial charge in [0.1, 0.15) is 5.60 Å². The van der Waals surface area contributed by atoms with E-state index in [1.54, 1.807) is 87.5 Å². The molecule has 5 aromatic rings. The van der Waals surface area contributed by atoms with Crippen molar-refractivity contribution in [1.29, 1.82) is 0 Å². The zero-order chi connectivity index (χ0) is 38.4. The van der Waals surface area contributed by atoms with Crippen molar-refractivity contribution < 1.29 is 26.4 Å². The summed E-state index contributed by atoms with van der Waals surface area (Å²) in [4.78, 5) is 17.6. The quantitative estimate of drug-likeness (QED) is 0.0835. The zero-order valence-corrected chi connectivity index (χ0v) is 33.1. The van der Waals surface area contributed by atoms with Crippen LogP contribution in [0.1, 0.15) is 70.9 Å². The lowest BCUT2D eigenvalue weighted by Gasteiger charge is -2.26. The Hall–Kier alpha value is -4.68. The van der Waals surface area contributed by atoms with Crippen LogP contribution in [0.4, 0.5) is 16.2 Å².